The van der Waals surface area contributed by atoms with Crippen LogP contribution in [0.2, 0.25) is 5.02 Å². The van der Waals surface area contributed by atoms with E-state index in [2.05, 4.69) is 5.32 Å². The molecule has 2 rings (SSSR count). The molecule has 1 amide bonds. The van der Waals surface area contributed by atoms with Gasteiger partial charge in [-0.15, -0.1) is 0 Å². The van der Waals surface area contributed by atoms with Gasteiger partial charge in [0.2, 0.25) is 15.9 Å². The van der Waals surface area contributed by atoms with Gasteiger partial charge in [0.1, 0.15) is 12.4 Å². The molecule has 0 saturated heterocycles. The quantitative estimate of drug-likeness (QED) is 0.563. The molecule has 8 heteroatoms. The predicted octanol–water partition coefficient (Wildman–Crippen LogP) is 4.40. The Bertz CT molecular complexity index is 1020. The van der Waals surface area contributed by atoms with Gasteiger partial charge >= 0.3 is 0 Å². The van der Waals surface area contributed by atoms with Gasteiger partial charge in [-0.1, -0.05) is 23.7 Å². The average Bonchev–Trinajstić information content (AvgIpc) is 2.68. The highest BCUT2D eigenvalue weighted by Gasteiger charge is 2.20. The van der Waals surface area contributed by atoms with Crippen LogP contribution in [0, 0.1) is 20.8 Å². The molecule has 1 N–H and O–H groups in total. The lowest BCUT2D eigenvalue weighted by molar-refractivity contribution is -0.121. The van der Waals surface area contributed by atoms with Crippen molar-refractivity contribution in [3.05, 3.63) is 58.1 Å². The fraction of sp³-hybridized carbons (Fsp3) is 0.435. The van der Waals surface area contributed by atoms with E-state index in [9.17, 15) is 13.2 Å². The number of benzene rings is 2. The first kappa shape index (κ1) is 25.0. The summed E-state index contributed by atoms with van der Waals surface area (Å²) in [6, 6.07) is 10.9. The minimum atomic E-state index is -3.50. The fourth-order valence-electron chi connectivity index (χ4n) is 3.13. The molecule has 1 atom stereocenters. The summed E-state index contributed by atoms with van der Waals surface area (Å²) in [4.78, 5) is 12.3. The van der Waals surface area contributed by atoms with Gasteiger partial charge in [0.05, 0.1) is 18.0 Å². The first-order valence-corrected chi connectivity index (χ1v) is 12.4. The number of amides is 1. The number of rotatable bonds is 10. The molecule has 0 spiro atoms. The summed E-state index contributed by atoms with van der Waals surface area (Å²) < 4.78 is 31.6. The van der Waals surface area contributed by atoms with Gasteiger partial charge in [-0.25, -0.2) is 8.42 Å². The van der Waals surface area contributed by atoms with Crippen LogP contribution in [0.3, 0.4) is 0 Å². The summed E-state index contributed by atoms with van der Waals surface area (Å²) in [6.07, 6.45) is 1.74. The van der Waals surface area contributed by atoms with Crippen molar-refractivity contribution in [1.82, 2.24) is 5.32 Å². The number of carbonyl (C=O) groups excluding carboxylic acids is 1. The summed E-state index contributed by atoms with van der Waals surface area (Å²) in [6.45, 7) is 8.27. The fourth-order valence-corrected chi connectivity index (χ4v) is 4.31. The van der Waals surface area contributed by atoms with Gasteiger partial charge < -0.3 is 10.1 Å². The van der Waals surface area contributed by atoms with E-state index >= 15 is 0 Å². The van der Waals surface area contributed by atoms with Crippen LogP contribution in [0.25, 0.3) is 0 Å². The second-order valence-electron chi connectivity index (χ2n) is 7.85. The Labute approximate surface area is 190 Å². The first-order valence-electron chi connectivity index (χ1n) is 10.2. The van der Waals surface area contributed by atoms with Crippen molar-refractivity contribution in [2.45, 2.75) is 46.6 Å². The van der Waals surface area contributed by atoms with Gasteiger partial charge in [-0.05, 0) is 75.1 Å². The van der Waals surface area contributed by atoms with Gasteiger partial charge in [-0.2, -0.15) is 0 Å². The maximum Gasteiger partial charge on any atom is 0.232 e. The van der Waals surface area contributed by atoms with Crippen molar-refractivity contribution in [3.8, 4) is 5.75 Å². The molecule has 170 valence electrons. The van der Waals surface area contributed by atoms with Crippen LogP contribution < -0.4 is 14.4 Å². The number of hydrogen-bond donors (Lipinski definition) is 1. The molecule has 0 radical (unpaired) electrons. The Morgan fingerprint density at radius 3 is 2.52 bits per heavy atom. The van der Waals surface area contributed by atoms with Gasteiger partial charge in [0.15, 0.2) is 0 Å². The van der Waals surface area contributed by atoms with Crippen LogP contribution in [0.1, 0.15) is 36.5 Å². The van der Waals surface area contributed by atoms with Crippen molar-refractivity contribution in [3.63, 3.8) is 0 Å². The minimum absolute atomic E-state index is 0.146. The molecule has 0 aliphatic rings. The van der Waals surface area contributed by atoms with Gasteiger partial charge in [0, 0.05) is 18.0 Å². The van der Waals surface area contributed by atoms with Crippen LogP contribution in [-0.4, -0.2) is 39.8 Å². The van der Waals surface area contributed by atoms with Crippen molar-refractivity contribution in [1.29, 1.82) is 0 Å². The van der Waals surface area contributed by atoms with E-state index < -0.39 is 10.0 Å². The molecule has 0 heterocycles. The Balaban J connectivity index is 1.86. The van der Waals surface area contributed by atoms with E-state index in [-0.39, 0.29) is 24.9 Å². The number of nitrogens with zero attached hydrogens (tertiary/aromatic N) is 1. The minimum Gasteiger partial charge on any atom is -0.491 e. The van der Waals surface area contributed by atoms with Crippen molar-refractivity contribution >= 4 is 33.2 Å². The van der Waals surface area contributed by atoms with Crippen LogP contribution in [0.15, 0.2) is 36.4 Å². The predicted molar refractivity (Wildman–Crippen MR) is 127 cm³/mol. The number of nitrogens with one attached hydrogen (secondary N) is 1. The lowest BCUT2D eigenvalue weighted by atomic mass is 10.1. The molecule has 1 unspecified atom stereocenters. The molecule has 0 aliphatic carbocycles. The van der Waals surface area contributed by atoms with E-state index in [1.807, 2.05) is 39.0 Å². The molecule has 0 saturated carbocycles. The summed E-state index contributed by atoms with van der Waals surface area (Å²) in [5, 5.41) is 3.40. The van der Waals surface area contributed by atoms with E-state index in [4.69, 9.17) is 16.3 Å². The standard InChI is InChI=1S/C23H31ClN2O4S/c1-16-11-12-20(14-17(16)2)30-15-18(3)25-23(27)10-7-13-26(31(5,28)29)22-9-6-8-21(24)19(22)4/h6,8-9,11-12,14,18H,7,10,13,15H2,1-5H3,(H,25,27). The zero-order chi connectivity index (χ0) is 23.2. The summed E-state index contributed by atoms with van der Waals surface area (Å²) >= 11 is 6.14. The van der Waals surface area contributed by atoms with E-state index in [1.54, 1.807) is 25.1 Å². The van der Waals surface area contributed by atoms with Gasteiger partial charge in [0.25, 0.3) is 0 Å². The van der Waals surface area contributed by atoms with E-state index in [0.29, 0.717) is 29.3 Å². The molecule has 0 aromatic heterocycles. The largest absolute Gasteiger partial charge is 0.491 e. The number of aryl methyl sites for hydroxylation is 2. The number of ether oxygens (including phenoxy) is 1. The smallest absolute Gasteiger partial charge is 0.232 e. The third-order valence-electron chi connectivity index (χ3n) is 5.06. The summed E-state index contributed by atoms with van der Waals surface area (Å²) in [5.74, 6) is 0.623. The van der Waals surface area contributed by atoms with Crippen LogP contribution in [-0.2, 0) is 14.8 Å². The highest BCUT2D eigenvalue weighted by atomic mass is 35.5. The highest BCUT2D eigenvalue weighted by molar-refractivity contribution is 7.92. The Kier molecular flexibility index (Phi) is 8.77. The average molecular weight is 467 g/mol. The third-order valence-corrected chi connectivity index (χ3v) is 6.65. The Hall–Kier alpha value is -2.25. The second-order valence-corrected chi connectivity index (χ2v) is 10.2. The third kappa shape index (κ3) is 7.43. The number of halogens is 1. The molecular weight excluding hydrogens is 436 g/mol. The van der Waals surface area contributed by atoms with Crippen LogP contribution >= 0.6 is 11.6 Å². The molecule has 31 heavy (non-hydrogen) atoms. The monoisotopic (exact) mass is 466 g/mol. The summed E-state index contributed by atoms with van der Waals surface area (Å²) in [7, 11) is -3.50. The van der Waals surface area contributed by atoms with E-state index in [0.717, 1.165) is 17.6 Å². The molecule has 2 aromatic carbocycles. The lowest BCUT2D eigenvalue weighted by Crippen LogP contribution is -2.37. The molecule has 0 bridgehead atoms. The highest BCUT2D eigenvalue weighted by Crippen LogP contribution is 2.28. The normalized spacial score (nSPS) is 12.3. The SMILES string of the molecule is Cc1ccc(OCC(C)NC(=O)CCCN(c2cccc(Cl)c2C)S(C)(=O)=O)cc1C. The maximum absolute atomic E-state index is 12.3. The number of anilines is 1. The topological polar surface area (TPSA) is 75.7 Å². The zero-order valence-electron chi connectivity index (χ0n) is 18.7. The Morgan fingerprint density at radius 1 is 1.16 bits per heavy atom. The number of hydrogen-bond acceptors (Lipinski definition) is 4. The zero-order valence-corrected chi connectivity index (χ0v) is 20.3. The molecule has 2 aromatic rings. The van der Waals surface area contributed by atoms with Gasteiger partial charge in [-0.3, -0.25) is 9.10 Å². The number of carbonyl (C=O) groups is 1. The molecule has 0 fully saturated rings. The van der Waals surface area contributed by atoms with E-state index in [1.165, 1.54) is 9.87 Å². The Morgan fingerprint density at radius 2 is 1.87 bits per heavy atom. The number of sulfonamides is 1. The molecule has 0 aliphatic heterocycles. The second kappa shape index (κ2) is 10.9. The molecular formula is C23H31ClN2O4S. The van der Waals surface area contributed by atoms with Crippen molar-refractivity contribution in [2.24, 2.45) is 0 Å². The van der Waals surface area contributed by atoms with Crippen molar-refractivity contribution < 1.29 is 17.9 Å². The van der Waals surface area contributed by atoms with Crippen LogP contribution in [0.5, 0.6) is 5.75 Å². The van der Waals surface area contributed by atoms with Crippen LogP contribution in [0.4, 0.5) is 5.69 Å². The molecule has 6 nitrogen and oxygen atoms in total. The maximum atomic E-state index is 12.3. The lowest BCUT2D eigenvalue weighted by Gasteiger charge is -2.24. The first-order chi connectivity index (χ1) is 14.5. The summed E-state index contributed by atoms with van der Waals surface area (Å²) in [5.41, 5.74) is 3.58. The van der Waals surface area contributed by atoms with Crippen molar-refractivity contribution in [2.75, 3.05) is 23.7 Å².